The lowest BCUT2D eigenvalue weighted by Crippen LogP contribution is -2.48. The van der Waals surface area contributed by atoms with E-state index in [0.717, 1.165) is 28.7 Å². The molecule has 2 aromatic rings. The van der Waals surface area contributed by atoms with Gasteiger partial charge in [-0.15, -0.1) is 0 Å². The summed E-state index contributed by atoms with van der Waals surface area (Å²) in [6.45, 7) is 2.08. The van der Waals surface area contributed by atoms with E-state index in [4.69, 9.17) is 4.74 Å². The molecule has 4 rings (SSSR count). The number of hydrogen-bond acceptors (Lipinski definition) is 4. The van der Waals surface area contributed by atoms with Gasteiger partial charge in [-0.05, 0) is 41.5 Å². The molecular weight excluding hydrogens is 420 g/mol. The molecule has 7 heteroatoms. The van der Waals surface area contributed by atoms with Gasteiger partial charge in [-0.3, -0.25) is 4.79 Å². The van der Waals surface area contributed by atoms with Crippen LogP contribution in [0, 0.1) is 5.92 Å². The predicted molar refractivity (Wildman–Crippen MR) is 124 cm³/mol. The second kappa shape index (κ2) is 10.1. The van der Waals surface area contributed by atoms with Gasteiger partial charge in [0.2, 0.25) is 5.91 Å². The highest BCUT2D eigenvalue weighted by Gasteiger charge is 2.36. The van der Waals surface area contributed by atoms with E-state index in [-0.39, 0.29) is 24.5 Å². The Kier molecular flexibility index (Phi) is 6.96. The molecular formula is C26H30N2O5. The average Bonchev–Trinajstić information content (AvgIpc) is 3.40. The lowest BCUT2D eigenvalue weighted by Gasteiger charge is -2.23. The number of benzene rings is 2. The van der Waals surface area contributed by atoms with E-state index in [9.17, 15) is 19.5 Å². The summed E-state index contributed by atoms with van der Waals surface area (Å²) in [5, 5.41) is 14.8. The minimum absolute atomic E-state index is 0.0313. The lowest BCUT2D eigenvalue weighted by atomic mass is 9.98. The molecule has 2 amide bonds. The molecule has 33 heavy (non-hydrogen) atoms. The SMILES string of the molecule is CCC[C@H](NC(=O)[C@H]1CCC[C@H]1NC(=O)OCC1c2ccccc2-c2ccccc21)C(=O)O. The van der Waals surface area contributed by atoms with Crippen LogP contribution in [0.3, 0.4) is 0 Å². The molecule has 174 valence electrons. The van der Waals surface area contributed by atoms with Gasteiger partial charge >= 0.3 is 12.1 Å². The van der Waals surface area contributed by atoms with Crippen molar-refractivity contribution in [3.05, 3.63) is 59.7 Å². The number of aliphatic carboxylic acids is 1. The minimum atomic E-state index is -1.04. The topological polar surface area (TPSA) is 105 Å². The first kappa shape index (κ1) is 22.8. The molecule has 0 aliphatic heterocycles. The molecule has 0 saturated heterocycles. The Morgan fingerprint density at radius 2 is 1.67 bits per heavy atom. The molecule has 2 aliphatic rings. The van der Waals surface area contributed by atoms with Gasteiger partial charge in [-0.25, -0.2) is 9.59 Å². The summed E-state index contributed by atoms with van der Waals surface area (Å²) in [5.41, 5.74) is 4.60. The molecule has 1 saturated carbocycles. The largest absolute Gasteiger partial charge is 0.480 e. The van der Waals surface area contributed by atoms with Crippen LogP contribution in [0.5, 0.6) is 0 Å². The number of fused-ring (bicyclic) bond motifs is 3. The zero-order valence-corrected chi connectivity index (χ0v) is 18.8. The van der Waals surface area contributed by atoms with Gasteiger partial charge in [0.25, 0.3) is 0 Å². The Balaban J connectivity index is 1.36. The van der Waals surface area contributed by atoms with E-state index in [1.165, 1.54) is 0 Å². The van der Waals surface area contributed by atoms with Gasteiger partial charge in [0.1, 0.15) is 12.6 Å². The van der Waals surface area contributed by atoms with Crippen LogP contribution in [0.4, 0.5) is 4.79 Å². The maximum absolute atomic E-state index is 12.7. The summed E-state index contributed by atoms with van der Waals surface area (Å²) in [6, 6.07) is 15.0. The van der Waals surface area contributed by atoms with Gasteiger partial charge in [-0.1, -0.05) is 68.3 Å². The highest BCUT2D eigenvalue weighted by molar-refractivity contribution is 5.86. The number of carbonyl (C=O) groups excluding carboxylic acids is 2. The number of hydrogen-bond donors (Lipinski definition) is 3. The Labute approximate surface area is 193 Å². The molecule has 0 aromatic heterocycles. The fourth-order valence-corrected chi connectivity index (χ4v) is 5.06. The van der Waals surface area contributed by atoms with Crippen LogP contribution >= 0.6 is 0 Å². The number of carboxylic acid groups (broad SMARTS) is 1. The fraction of sp³-hybridized carbons (Fsp3) is 0.423. The smallest absolute Gasteiger partial charge is 0.407 e. The number of rotatable bonds is 8. The molecule has 0 heterocycles. The van der Waals surface area contributed by atoms with Crippen LogP contribution in [0.15, 0.2) is 48.5 Å². The van der Waals surface area contributed by atoms with Crippen molar-refractivity contribution >= 4 is 18.0 Å². The van der Waals surface area contributed by atoms with Crippen LogP contribution in [-0.2, 0) is 14.3 Å². The number of alkyl carbamates (subject to hydrolysis) is 1. The van der Waals surface area contributed by atoms with Crippen molar-refractivity contribution < 1.29 is 24.2 Å². The van der Waals surface area contributed by atoms with E-state index in [1.54, 1.807) is 0 Å². The normalized spacial score (nSPS) is 19.9. The van der Waals surface area contributed by atoms with E-state index in [2.05, 4.69) is 34.9 Å². The van der Waals surface area contributed by atoms with Crippen LogP contribution in [0.1, 0.15) is 56.1 Å². The zero-order chi connectivity index (χ0) is 23.4. The van der Waals surface area contributed by atoms with E-state index in [1.807, 2.05) is 31.2 Å². The molecule has 0 bridgehead atoms. The Bertz CT molecular complexity index is 991. The quantitative estimate of drug-likeness (QED) is 0.563. The third kappa shape index (κ3) is 4.87. The number of nitrogens with one attached hydrogen (secondary N) is 2. The fourth-order valence-electron chi connectivity index (χ4n) is 5.06. The van der Waals surface area contributed by atoms with E-state index >= 15 is 0 Å². The number of ether oxygens (including phenoxy) is 1. The molecule has 0 unspecified atom stereocenters. The van der Waals surface area contributed by atoms with E-state index < -0.39 is 24.0 Å². The average molecular weight is 451 g/mol. The Morgan fingerprint density at radius 1 is 1.03 bits per heavy atom. The highest BCUT2D eigenvalue weighted by Crippen LogP contribution is 2.44. The Hall–Kier alpha value is -3.35. The molecule has 0 radical (unpaired) electrons. The standard InChI is InChI=1S/C26H30N2O5/c1-2-8-23(25(30)31)27-24(29)20-13-7-14-22(20)28-26(32)33-15-21-18-11-5-3-9-16(18)17-10-4-6-12-19(17)21/h3-6,9-12,20-23H,2,7-8,13-15H2,1H3,(H,27,29)(H,28,32)(H,30,31)/t20-,22+,23-/m0/s1. The van der Waals surface area contributed by atoms with Gasteiger partial charge in [0.15, 0.2) is 0 Å². The first-order valence-corrected chi connectivity index (χ1v) is 11.6. The first-order chi connectivity index (χ1) is 16.0. The number of carboxylic acids is 1. The monoisotopic (exact) mass is 450 g/mol. The molecule has 0 spiro atoms. The maximum atomic E-state index is 12.7. The first-order valence-electron chi connectivity index (χ1n) is 11.6. The summed E-state index contributed by atoms with van der Waals surface area (Å²) in [7, 11) is 0. The number of carbonyl (C=O) groups is 3. The zero-order valence-electron chi connectivity index (χ0n) is 18.8. The minimum Gasteiger partial charge on any atom is -0.480 e. The molecule has 3 N–H and O–H groups in total. The summed E-state index contributed by atoms with van der Waals surface area (Å²) in [4.78, 5) is 36.7. The van der Waals surface area contributed by atoms with Gasteiger partial charge < -0.3 is 20.5 Å². The Morgan fingerprint density at radius 3 is 2.27 bits per heavy atom. The molecule has 2 aliphatic carbocycles. The van der Waals surface area contributed by atoms with E-state index in [0.29, 0.717) is 25.7 Å². The second-order valence-corrected chi connectivity index (χ2v) is 8.80. The third-order valence-electron chi connectivity index (χ3n) is 6.69. The van der Waals surface area contributed by atoms with Gasteiger partial charge in [-0.2, -0.15) is 0 Å². The number of amides is 2. The highest BCUT2D eigenvalue weighted by atomic mass is 16.5. The van der Waals surface area contributed by atoms with Crippen LogP contribution in [-0.4, -0.2) is 41.8 Å². The summed E-state index contributed by atoms with van der Waals surface area (Å²) in [6.07, 6.45) is 2.54. The van der Waals surface area contributed by atoms with Crippen molar-refractivity contribution in [3.63, 3.8) is 0 Å². The van der Waals surface area contributed by atoms with Crippen molar-refractivity contribution in [2.45, 2.75) is 57.0 Å². The molecule has 1 fully saturated rings. The van der Waals surface area contributed by atoms with Crippen molar-refractivity contribution in [2.24, 2.45) is 5.92 Å². The van der Waals surface area contributed by atoms with Gasteiger partial charge in [0, 0.05) is 12.0 Å². The maximum Gasteiger partial charge on any atom is 0.407 e. The molecule has 2 aromatic carbocycles. The van der Waals surface area contributed by atoms with Crippen LogP contribution in [0.2, 0.25) is 0 Å². The molecule has 7 nitrogen and oxygen atoms in total. The second-order valence-electron chi connectivity index (χ2n) is 8.80. The van der Waals surface area contributed by atoms with Crippen molar-refractivity contribution in [1.82, 2.24) is 10.6 Å². The lowest BCUT2D eigenvalue weighted by molar-refractivity contribution is -0.142. The summed E-state index contributed by atoms with van der Waals surface area (Å²) in [5.74, 6) is -1.85. The summed E-state index contributed by atoms with van der Waals surface area (Å²) < 4.78 is 5.61. The molecule has 3 atom stereocenters. The predicted octanol–water partition coefficient (Wildman–Crippen LogP) is 4.06. The van der Waals surface area contributed by atoms with Crippen LogP contribution < -0.4 is 10.6 Å². The third-order valence-corrected chi connectivity index (χ3v) is 6.69. The van der Waals surface area contributed by atoms with Gasteiger partial charge in [0.05, 0.1) is 5.92 Å². The van der Waals surface area contributed by atoms with Crippen molar-refractivity contribution in [2.75, 3.05) is 6.61 Å². The van der Waals surface area contributed by atoms with Crippen LogP contribution in [0.25, 0.3) is 11.1 Å². The van der Waals surface area contributed by atoms with Crippen molar-refractivity contribution in [1.29, 1.82) is 0 Å². The summed E-state index contributed by atoms with van der Waals surface area (Å²) >= 11 is 0. The van der Waals surface area contributed by atoms with Crippen molar-refractivity contribution in [3.8, 4) is 11.1 Å².